The van der Waals surface area contributed by atoms with Gasteiger partial charge < -0.3 is 9.84 Å². The smallest absolute Gasteiger partial charge is 0.185 e. The van der Waals surface area contributed by atoms with Crippen molar-refractivity contribution in [3.63, 3.8) is 0 Å². The van der Waals surface area contributed by atoms with Gasteiger partial charge in [0.2, 0.25) is 0 Å². The van der Waals surface area contributed by atoms with Crippen LogP contribution in [0.15, 0.2) is 24.4 Å². The summed E-state index contributed by atoms with van der Waals surface area (Å²) in [5.41, 5.74) is 2.36. The lowest BCUT2D eigenvalue weighted by atomic mass is 9.92. The van der Waals surface area contributed by atoms with E-state index in [1.165, 1.54) is 0 Å². The van der Waals surface area contributed by atoms with Crippen LogP contribution in [0.2, 0.25) is 0 Å². The average molecular weight is 356 g/mol. The molecule has 1 saturated heterocycles. The molecule has 7 nitrogen and oxygen atoms in total. The van der Waals surface area contributed by atoms with E-state index in [2.05, 4.69) is 15.2 Å². The first-order valence-corrected chi connectivity index (χ1v) is 9.11. The van der Waals surface area contributed by atoms with E-state index in [0.717, 1.165) is 49.4 Å². The summed E-state index contributed by atoms with van der Waals surface area (Å²) in [4.78, 5) is 14.7. The molecule has 4 rings (SSSR count). The summed E-state index contributed by atoms with van der Waals surface area (Å²) in [5, 5.41) is 17.5. The Morgan fingerprint density at radius 2 is 2.08 bits per heavy atom. The van der Waals surface area contributed by atoms with Gasteiger partial charge in [0.25, 0.3) is 0 Å². The number of carbonyl (C=O) groups excluding carboxylic acids is 1. The molecule has 2 aliphatic rings. The minimum Gasteiger partial charge on any atom is -0.496 e. The van der Waals surface area contributed by atoms with Crippen molar-refractivity contribution in [1.29, 1.82) is 0 Å². The quantitative estimate of drug-likeness (QED) is 0.727. The Balaban J connectivity index is 1.29. The highest BCUT2D eigenvalue weighted by atomic mass is 16.5. The molecule has 0 spiro atoms. The van der Waals surface area contributed by atoms with E-state index in [1.54, 1.807) is 13.3 Å². The van der Waals surface area contributed by atoms with Crippen LogP contribution in [0.1, 0.15) is 46.9 Å². The van der Waals surface area contributed by atoms with E-state index in [9.17, 15) is 9.90 Å². The minimum absolute atomic E-state index is 0.0321. The van der Waals surface area contributed by atoms with E-state index < -0.39 is 0 Å². The van der Waals surface area contributed by atoms with Crippen LogP contribution in [0.5, 0.6) is 5.75 Å². The highest BCUT2D eigenvalue weighted by Gasteiger charge is 2.31. The number of methoxy groups -OCH3 is 1. The summed E-state index contributed by atoms with van der Waals surface area (Å²) < 4.78 is 7.27. The maximum absolute atomic E-state index is 12.4. The van der Waals surface area contributed by atoms with Gasteiger partial charge in [-0.2, -0.15) is 0 Å². The Morgan fingerprint density at radius 1 is 1.31 bits per heavy atom. The van der Waals surface area contributed by atoms with Crippen LogP contribution in [0.3, 0.4) is 0 Å². The van der Waals surface area contributed by atoms with Gasteiger partial charge in [-0.15, -0.1) is 5.10 Å². The van der Waals surface area contributed by atoms with Crippen LogP contribution in [0.4, 0.5) is 0 Å². The summed E-state index contributed by atoms with van der Waals surface area (Å²) in [5.74, 6) is 1.20. The summed E-state index contributed by atoms with van der Waals surface area (Å²) in [6.45, 7) is 2.50. The zero-order valence-corrected chi connectivity index (χ0v) is 15.0. The Kier molecular flexibility index (Phi) is 4.74. The topological polar surface area (TPSA) is 80.5 Å². The number of benzene rings is 1. The molecule has 1 aromatic carbocycles. The number of ether oxygens (including phenoxy) is 1. The fourth-order valence-corrected chi connectivity index (χ4v) is 3.61. The molecule has 0 amide bonds. The third kappa shape index (κ3) is 3.50. The summed E-state index contributed by atoms with van der Waals surface area (Å²) >= 11 is 0. The Bertz CT molecular complexity index is 794. The van der Waals surface area contributed by atoms with Gasteiger partial charge in [0.1, 0.15) is 11.4 Å². The van der Waals surface area contributed by atoms with Gasteiger partial charge in [-0.05, 0) is 18.8 Å². The second-order valence-electron chi connectivity index (χ2n) is 7.27. The highest BCUT2D eigenvalue weighted by molar-refractivity contribution is 5.94. The van der Waals surface area contributed by atoms with Crippen LogP contribution in [0, 0.1) is 5.92 Å². The highest BCUT2D eigenvalue weighted by Crippen LogP contribution is 2.34. The van der Waals surface area contributed by atoms with Crippen molar-refractivity contribution in [2.45, 2.75) is 38.5 Å². The van der Waals surface area contributed by atoms with Crippen LogP contribution in [-0.4, -0.2) is 51.0 Å². The fraction of sp³-hybridized carbons (Fsp3) is 0.526. The molecule has 1 aromatic heterocycles. The van der Waals surface area contributed by atoms with Crippen LogP contribution in [0.25, 0.3) is 0 Å². The van der Waals surface area contributed by atoms with E-state index >= 15 is 0 Å². The number of hydrogen-bond donors (Lipinski definition) is 1. The predicted molar refractivity (Wildman–Crippen MR) is 94.9 cm³/mol. The number of likely N-dealkylation sites (tertiary alicyclic amines) is 1. The van der Waals surface area contributed by atoms with Crippen molar-refractivity contribution in [2.75, 3.05) is 20.2 Å². The minimum atomic E-state index is -0.0321. The Morgan fingerprint density at radius 3 is 2.77 bits per heavy atom. The molecule has 0 radical (unpaired) electrons. The lowest BCUT2D eigenvalue weighted by molar-refractivity contribution is 0.0697. The van der Waals surface area contributed by atoms with Crippen LogP contribution < -0.4 is 4.74 Å². The number of para-hydroxylation sites is 1. The molecule has 2 fully saturated rings. The second-order valence-corrected chi connectivity index (χ2v) is 7.27. The summed E-state index contributed by atoms with van der Waals surface area (Å²) in [7, 11) is 1.63. The van der Waals surface area contributed by atoms with Crippen molar-refractivity contribution < 1.29 is 14.6 Å². The van der Waals surface area contributed by atoms with E-state index in [0.29, 0.717) is 24.1 Å². The van der Waals surface area contributed by atoms with Gasteiger partial charge in [-0.1, -0.05) is 23.4 Å². The average Bonchev–Trinajstić information content (AvgIpc) is 3.36. The monoisotopic (exact) mass is 356 g/mol. The van der Waals surface area contributed by atoms with Gasteiger partial charge in [-0.25, -0.2) is 4.68 Å². The number of ketones is 1. The molecule has 1 N–H and O–H groups in total. The second kappa shape index (κ2) is 7.17. The van der Waals surface area contributed by atoms with E-state index in [4.69, 9.17) is 4.74 Å². The summed E-state index contributed by atoms with van der Waals surface area (Å²) in [6.07, 6.45) is 4.58. The molecule has 2 heterocycles. The van der Waals surface area contributed by atoms with E-state index in [1.807, 2.05) is 22.9 Å². The van der Waals surface area contributed by atoms with Crippen molar-refractivity contribution in [3.8, 4) is 5.75 Å². The lowest BCUT2D eigenvalue weighted by Gasteiger charge is -2.39. The van der Waals surface area contributed by atoms with Gasteiger partial charge in [0, 0.05) is 37.2 Å². The third-order valence-electron chi connectivity index (χ3n) is 5.17. The summed E-state index contributed by atoms with van der Waals surface area (Å²) in [6, 6.07) is 6.28. The molecule has 2 aromatic rings. The number of Topliss-reactive ketones (excluding diaryl/α,β-unsaturated/α-hetero) is 1. The number of carbonyl (C=O) groups is 1. The molecular weight excluding hydrogens is 332 g/mol. The number of aliphatic hydroxyl groups is 1. The Hall–Kier alpha value is -2.25. The van der Waals surface area contributed by atoms with Crippen molar-refractivity contribution in [3.05, 3.63) is 41.2 Å². The Labute approximate surface area is 152 Å². The number of hydrogen-bond acceptors (Lipinski definition) is 6. The van der Waals surface area contributed by atoms with Gasteiger partial charge in [-0.3, -0.25) is 9.69 Å². The predicted octanol–water partition coefficient (Wildman–Crippen LogP) is 1.82. The molecule has 26 heavy (non-hydrogen) atoms. The van der Waals surface area contributed by atoms with Crippen LogP contribution in [-0.2, 0) is 13.2 Å². The number of aliphatic hydroxyl groups excluding tert-OH is 1. The van der Waals surface area contributed by atoms with Crippen molar-refractivity contribution in [1.82, 2.24) is 19.9 Å². The first-order valence-electron chi connectivity index (χ1n) is 9.11. The normalized spacial score (nSPS) is 17.9. The first-order chi connectivity index (χ1) is 12.7. The number of aromatic nitrogens is 3. The molecule has 0 unspecified atom stereocenters. The van der Waals surface area contributed by atoms with Gasteiger partial charge in [0.15, 0.2) is 5.78 Å². The molecular formula is C19H24N4O3. The van der Waals surface area contributed by atoms with Crippen LogP contribution >= 0.6 is 0 Å². The largest absolute Gasteiger partial charge is 0.496 e. The SMILES string of the molecule is COc1c(CO)cccc1CN1CC(CC(=O)c2cn(C3CC3)nn2)C1. The lowest BCUT2D eigenvalue weighted by Crippen LogP contribution is -2.46. The van der Waals surface area contributed by atoms with E-state index in [-0.39, 0.29) is 12.4 Å². The number of nitrogens with zero attached hydrogens (tertiary/aromatic N) is 4. The fourth-order valence-electron chi connectivity index (χ4n) is 3.61. The molecule has 7 heteroatoms. The molecule has 138 valence electrons. The van der Waals surface area contributed by atoms with Gasteiger partial charge in [0.05, 0.1) is 26.0 Å². The van der Waals surface area contributed by atoms with Crippen molar-refractivity contribution >= 4 is 5.78 Å². The van der Waals surface area contributed by atoms with Crippen molar-refractivity contribution in [2.24, 2.45) is 5.92 Å². The molecule has 1 aliphatic heterocycles. The van der Waals surface area contributed by atoms with Gasteiger partial charge >= 0.3 is 0 Å². The standard InChI is InChI=1S/C19H24N4O3/c1-26-19-14(3-2-4-15(19)12-24)10-22-8-13(9-22)7-18(25)17-11-23(21-20-17)16-5-6-16/h2-4,11,13,16,24H,5-10,12H2,1H3. The zero-order chi connectivity index (χ0) is 18.1. The molecule has 0 bridgehead atoms. The molecule has 1 aliphatic carbocycles. The maximum Gasteiger partial charge on any atom is 0.185 e. The zero-order valence-electron chi connectivity index (χ0n) is 15.0. The number of rotatable bonds is 8. The molecule has 1 saturated carbocycles. The first kappa shape index (κ1) is 17.2. The third-order valence-corrected chi connectivity index (χ3v) is 5.17. The maximum atomic E-state index is 12.4. The molecule has 0 atom stereocenters.